The maximum Gasteiger partial charge on any atom is 0.0519 e. The summed E-state index contributed by atoms with van der Waals surface area (Å²) in [5, 5.41) is 7.36. The number of hydrogen-bond donors (Lipinski definition) is 1. The number of aryl methyl sites for hydroxylation is 1. The van der Waals surface area contributed by atoms with E-state index in [1.807, 2.05) is 6.20 Å². The monoisotopic (exact) mass is 310 g/mol. The molecule has 0 spiro atoms. The van der Waals surface area contributed by atoms with Crippen molar-refractivity contribution in [1.82, 2.24) is 15.1 Å². The third-order valence-electron chi connectivity index (χ3n) is 5.36. The highest BCUT2D eigenvalue weighted by atomic mass is 15.2. The average molecular weight is 310 g/mol. The summed E-state index contributed by atoms with van der Waals surface area (Å²) >= 11 is 0. The first-order valence-corrected chi connectivity index (χ1v) is 8.86. The van der Waals surface area contributed by atoms with Crippen LogP contribution in [-0.2, 0) is 6.54 Å². The molecule has 23 heavy (non-hydrogen) atoms. The summed E-state index contributed by atoms with van der Waals surface area (Å²) in [7, 11) is 0. The van der Waals surface area contributed by atoms with Gasteiger partial charge in [-0.15, -0.1) is 0 Å². The Labute approximate surface area is 138 Å². The van der Waals surface area contributed by atoms with Crippen LogP contribution in [0.2, 0.25) is 0 Å². The molecule has 3 heterocycles. The molecule has 0 bridgehead atoms. The molecule has 2 aromatic rings. The van der Waals surface area contributed by atoms with E-state index in [2.05, 4.69) is 51.2 Å². The molecule has 1 N–H and O–H groups in total. The smallest absolute Gasteiger partial charge is 0.0519 e. The Hall–Kier alpha value is -1.81. The molecule has 2 fully saturated rings. The number of likely N-dealkylation sites (tertiary alicyclic amines) is 1. The topological polar surface area (TPSA) is 35.2 Å². The second-order valence-corrected chi connectivity index (χ2v) is 7.05. The number of H-pyrrole nitrogens is 1. The minimum absolute atomic E-state index is 0.612. The molecule has 0 radical (unpaired) electrons. The highest BCUT2D eigenvalue weighted by Gasteiger charge is 2.26. The van der Waals surface area contributed by atoms with Gasteiger partial charge in [-0.2, -0.15) is 5.10 Å². The normalized spacial score (nSPS) is 22.1. The summed E-state index contributed by atoms with van der Waals surface area (Å²) in [4.78, 5) is 5.06. The zero-order valence-corrected chi connectivity index (χ0v) is 14.0. The van der Waals surface area contributed by atoms with E-state index in [4.69, 9.17) is 0 Å². The van der Waals surface area contributed by atoms with E-state index in [-0.39, 0.29) is 0 Å². The number of aromatic amines is 1. The second-order valence-electron chi connectivity index (χ2n) is 7.05. The summed E-state index contributed by atoms with van der Waals surface area (Å²) in [6, 6.07) is 9.21. The van der Waals surface area contributed by atoms with E-state index in [0.717, 1.165) is 13.1 Å². The summed E-state index contributed by atoms with van der Waals surface area (Å²) in [5.41, 5.74) is 5.44. The van der Waals surface area contributed by atoms with E-state index in [9.17, 15) is 0 Å². The summed E-state index contributed by atoms with van der Waals surface area (Å²) in [6.45, 7) is 7.96. The van der Waals surface area contributed by atoms with Gasteiger partial charge in [0.15, 0.2) is 0 Å². The van der Waals surface area contributed by atoms with Crippen LogP contribution in [0.15, 0.2) is 30.5 Å². The summed E-state index contributed by atoms with van der Waals surface area (Å²) in [6.07, 6.45) is 5.85. The minimum Gasteiger partial charge on any atom is -0.372 e. The van der Waals surface area contributed by atoms with Crippen molar-refractivity contribution in [2.45, 2.75) is 38.6 Å². The summed E-state index contributed by atoms with van der Waals surface area (Å²) < 4.78 is 0. The van der Waals surface area contributed by atoms with Crippen LogP contribution in [0.25, 0.3) is 0 Å². The van der Waals surface area contributed by atoms with Crippen LogP contribution in [-0.4, -0.2) is 41.3 Å². The zero-order valence-electron chi connectivity index (χ0n) is 14.0. The fourth-order valence-corrected chi connectivity index (χ4v) is 4.03. The number of anilines is 1. The lowest BCUT2D eigenvalue weighted by Crippen LogP contribution is -2.20. The van der Waals surface area contributed by atoms with E-state index >= 15 is 0 Å². The molecule has 2 aliphatic rings. The van der Waals surface area contributed by atoms with Crippen molar-refractivity contribution in [1.29, 1.82) is 0 Å². The Morgan fingerprint density at radius 1 is 1.13 bits per heavy atom. The number of hydrogen-bond acceptors (Lipinski definition) is 3. The van der Waals surface area contributed by atoms with Gasteiger partial charge in [-0.05, 0) is 56.0 Å². The number of rotatable bonds is 4. The number of nitrogens with one attached hydrogen (secondary N) is 1. The van der Waals surface area contributed by atoms with Gasteiger partial charge in [0, 0.05) is 43.5 Å². The first-order chi connectivity index (χ1) is 11.3. The molecular weight excluding hydrogens is 284 g/mol. The fraction of sp³-hybridized carbons (Fsp3) is 0.526. The molecule has 2 saturated heterocycles. The maximum absolute atomic E-state index is 4.17. The van der Waals surface area contributed by atoms with Crippen molar-refractivity contribution in [3.63, 3.8) is 0 Å². The van der Waals surface area contributed by atoms with Gasteiger partial charge in [0.25, 0.3) is 0 Å². The van der Waals surface area contributed by atoms with Crippen molar-refractivity contribution in [3.05, 3.63) is 47.3 Å². The van der Waals surface area contributed by atoms with Crippen molar-refractivity contribution >= 4 is 5.69 Å². The Morgan fingerprint density at radius 2 is 1.91 bits per heavy atom. The molecule has 0 amide bonds. The zero-order chi connectivity index (χ0) is 15.6. The molecule has 4 heteroatoms. The third kappa shape index (κ3) is 3.13. The van der Waals surface area contributed by atoms with Crippen molar-refractivity contribution in [3.8, 4) is 0 Å². The number of aromatic nitrogens is 2. The number of nitrogens with zero attached hydrogens (tertiary/aromatic N) is 3. The second kappa shape index (κ2) is 6.36. The first kappa shape index (κ1) is 14.8. The Bertz CT molecular complexity index is 640. The minimum atomic E-state index is 0.612. The largest absolute Gasteiger partial charge is 0.372 e. The molecular formula is C19H26N4. The maximum atomic E-state index is 4.17. The SMILES string of the molecule is Cc1cn[nH]c1[C@@H]1CCN(Cc2ccc(N3CCCC3)cc2)C1. The molecule has 1 atom stereocenters. The van der Waals surface area contributed by atoms with Crippen LogP contribution in [0.4, 0.5) is 5.69 Å². The Morgan fingerprint density at radius 3 is 2.61 bits per heavy atom. The predicted octanol–water partition coefficient (Wildman–Crippen LogP) is 3.31. The first-order valence-electron chi connectivity index (χ1n) is 8.86. The van der Waals surface area contributed by atoms with Crippen molar-refractivity contribution in [2.75, 3.05) is 31.1 Å². The van der Waals surface area contributed by atoms with Gasteiger partial charge in [-0.3, -0.25) is 10.00 Å². The molecule has 0 unspecified atom stereocenters. The Balaban J connectivity index is 1.36. The van der Waals surface area contributed by atoms with Crippen molar-refractivity contribution in [2.24, 2.45) is 0 Å². The van der Waals surface area contributed by atoms with Gasteiger partial charge in [0.05, 0.1) is 6.20 Å². The molecule has 1 aromatic carbocycles. The standard InChI is InChI=1S/C19H26N4/c1-15-12-20-21-19(15)17-8-11-22(14-17)13-16-4-6-18(7-5-16)23-9-2-3-10-23/h4-7,12,17H,2-3,8-11,13-14H2,1H3,(H,20,21)/t17-/m1/s1. The van der Waals surface area contributed by atoms with Crippen LogP contribution < -0.4 is 4.90 Å². The van der Waals surface area contributed by atoms with Gasteiger partial charge in [0.1, 0.15) is 0 Å². The lowest BCUT2D eigenvalue weighted by atomic mass is 10.0. The van der Waals surface area contributed by atoms with Crippen molar-refractivity contribution < 1.29 is 0 Å². The van der Waals surface area contributed by atoms with Crippen LogP contribution in [0, 0.1) is 6.92 Å². The van der Waals surface area contributed by atoms with Crippen LogP contribution in [0.1, 0.15) is 42.0 Å². The predicted molar refractivity (Wildman–Crippen MR) is 93.8 cm³/mol. The van der Waals surface area contributed by atoms with E-state index in [0.29, 0.717) is 5.92 Å². The Kier molecular flexibility index (Phi) is 4.08. The quantitative estimate of drug-likeness (QED) is 0.941. The molecule has 4 nitrogen and oxygen atoms in total. The fourth-order valence-electron chi connectivity index (χ4n) is 4.03. The molecule has 2 aliphatic heterocycles. The number of benzene rings is 1. The molecule has 122 valence electrons. The van der Waals surface area contributed by atoms with Crippen LogP contribution >= 0.6 is 0 Å². The van der Waals surface area contributed by atoms with Gasteiger partial charge in [0.2, 0.25) is 0 Å². The third-order valence-corrected chi connectivity index (χ3v) is 5.36. The highest BCUT2D eigenvalue weighted by molar-refractivity contribution is 5.48. The summed E-state index contributed by atoms with van der Waals surface area (Å²) in [5.74, 6) is 0.612. The van der Waals surface area contributed by atoms with Crippen LogP contribution in [0.3, 0.4) is 0 Å². The van der Waals surface area contributed by atoms with Gasteiger partial charge >= 0.3 is 0 Å². The molecule has 0 saturated carbocycles. The van der Waals surface area contributed by atoms with Gasteiger partial charge in [-0.25, -0.2) is 0 Å². The highest BCUT2D eigenvalue weighted by Crippen LogP contribution is 2.29. The van der Waals surface area contributed by atoms with E-state index in [1.54, 1.807) is 0 Å². The molecule has 4 rings (SSSR count). The average Bonchev–Trinajstić information content (AvgIpc) is 3.29. The molecule has 1 aromatic heterocycles. The van der Waals surface area contributed by atoms with E-state index in [1.165, 1.54) is 61.4 Å². The van der Waals surface area contributed by atoms with Crippen LogP contribution in [0.5, 0.6) is 0 Å². The molecule has 0 aliphatic carbocycles. The van der Waals surface area contributed by atoms with Gasteiger partial charge < -0.3 is 4.90 Å². The lowest BCUT2D eigenvalue weighted by molar-refractivity contribution is 0.326. The van der Waals surface area contributed by atoms with Gasteiger partial charge in [-0.1, -0.05) is 12.1 Å². The lowest BCUT2D eigenvalue weighted by Gasteiger charge is -2.19. The van der Waals surface area contributed by atoms with E-state index < -0.39 is 0 Å².